The number of rotatable bonds is 5. The molecule has 2 saturated heterocycles. The van der Waals surface area contributed by atoms with Crippen LogP contribution in [0.4, 0.5) is 10.5 Å². The number of H-pyrrole nitrogens is 1. The predicted octanol–water partition coefficient (Wildman–Crippen LogP) is 2.86. The Morgan fingerprint density at radius 1 is 1.17 bits per heavy atom. The second-order valence-corrected chi connectivity index (χ2v) is 9.51. The van der Waals surface area contributed by atoms with E-state index in [4.69, 9.17) is 23.2 Å². The first-order valence-electron chi connectivity index (χ1n) is 10.9. The second-order valence-electron chi connectivity index (χ2n) is 8.63. The smallest absolute Gasteiger partial charge is 0.310 e. The van der Waals surface area contributed by atoms with Gasteiger partial charge in [0.2, 0.25) is 0 Å². The van der Waals surface area contributed by atoms with Gasteiger partial charge < -0.3 is 4.90 Å². The molecule has 2 atom stereocenters. The van der Waals surface area contributed by atoms with Crippen molar-refractivity contribution in [1.29, 1.82) is 5.26 Å². The summed E-state index contributed by atoms with van der Waals surface area (Å²) in [5, 5.41) is 23.9. The van der Waals surface area contributed by atoms with Gasteiger partial charge in [0, 0.05) is 49.1 Å². The fourth-order valence-corrected chi connectivity index (χ4v) is 5.52. The molecule has 1 spiro atoms. The minimum absolute atomic E-state index is 0.321. The van der Waals surface area contributed by atoms with Crippen molar-refractivity contribution < 1.29 is 9.59 Å². The molecular weight excluding hydrogens is 491 g/mol. The fourth-order valence-electron chi connectivity index (χ4n) is 5.01. The Kier molecular flexibility index (Phi) is 5.92. The lowest BCUT2D eigenvalue weighted by Gasteiger charge is -2.34. The van der Waals surface area contributed by atoms with Crippen molar-refractivity contribution in [3.63, 3.8) is 0 Å². The Morgan fingerprint density at radius 2 is 1.89 bits per heavy atom. The van der Waals surface area contributed by atoms with Crippen LogP contribution in [0.3, 0.4) is 0 Å². The van der Waals surface area contributed by atoms with Crippen molar-refractivity contribution >= 4 is 40.8 Å². The maximum Gasteiger partial charge on any atom is 0.332 e. The summed E-state index contributed by atoms with van der Waals surface area (Å²) in [6, 6.07) is 13.5. The van der Waals surface area contributed by atoms with E-state index in [-0.39, 0.29) is 11.8 Å². The van der Waals surface area contributed by atoms with Gasteiger partial charge in [-0.05, 0) is 35.9 Å². The van der Waals surface area contributed by atoms with Gasteiger partial charge in [0.15, 0.2) is 5.82 Å². The lowest BCUT2D eigenvalue weighted by Crippen LogP contribution is -2.53. The Balaban J connectivity index is 1.54. The van der Waals surface area contributed by atoms with Crippen LogP contribution in [0.5, 0.6) is 0 Å². The number of halogens is 2. The fraction of sp³-hybridized carbons (Fsp3) is 0.304. The van der Waals surface area contributed by atoms with Gasteiger partial charge in [0.05, 0.1) is 17.3 Å². The number of urea groups is 1. The lowest BCUT2D eigenvalue weighted by molar-refractivity contribution is -0.124. The monoisotopic (exact) mass is 510 g/mol. The number of hydrogen-bond acceptors (Lipinski definition) is 7. The van der Waals surface area contributed by atoms with Gasteiger partial charge >= 0.3 is 6.03 Å². The first kappa shape index (κ1) is 23.2. The number of carbonyl (C=O) groups is 2. The molecule has 5 rings (SSSR count). The third kappa shape index (κ3) is 3.91. The zero-order chi connectivity index (χ0) is 24.7. The minimum Gasteiger partial charge on any atom is -0.310 e. The number of anilines is 1. The van der Waals surface area contributed by atoms with Gasteiger partial charge in [-0.25, -0.2) is 9.69 Å². The molecule has 2 aliphatic rings. The van der Waals surface area contributed by atoms with Gasteiger partial charge in [0.25, 0.3) is 5.91 Å². The molecule has 0 radical (unpaired) electrons. The minimum atomic E-state index is -1.16. The van der Waals surface area contributed by atoms with Gasteiger partial charge in [0.1, 0.15) is 5.54 Å². The highest BCUT2D eigenvalue weighted by Gasteiger charge is 2.64. The van der Waals surface area contributed by atoms with E-state index in [1.54, 1.807) is 37.4 Å². The first-order valence-corrected chi connectivity index (χ1v) is 11.6. The van der Waals surface area contributed by atoms with Crippen molar-refractivity contribution in [3.05, 3.63) is 69.5 Å². The van der Waals surface area contributed by atoms with E-state index >= 15 is 0 Å². The third-order valence-electron chi connectivity index (χ3n) is 6.72. The number of carbonyl (C=O) groups excluding carboxylic acids is 2. The van der Waals surface area contributed by atoms with E-state index in [2.05, 4.69) is 31.6 Å². The van der Waals surface area contributed by atoms with Crippen molar-refractivity contribution in [2.45, 2.75) is 17.9 Å². The number of benzene rings is 2. The Hall–Kier alpha value is -3.52. The molecule has 2 aromatic carbocycles. The van der Waals surface area contributed by atoms with Crippen molar-refractivity contribution in [1.82, 2.24) is 30.4 Å². The van der Waals surface area contributed by atoms with E-state index in [1.807, 2.05) is 12.1 Å². The highest BCUT2D eigenvalue weighted by molar-refractivity contribution is 6.35. The second kappa shape index (κ2) is 8.92. The van der Waals surface area contributed by atoms with Crippen LogP contribution in [0.2, 0.25) is 10.0 Å². The quantitative estimate of drug-likeness (QED) is 0.523. The topological polar surface area (TPSA) is 122 Å². The van der Waals surface area contributed by atoms with Crippen molar-refractivity contribution in [3.8, 4) is 6.07 Å². The van der Waals surface area contributed by atoms with Crippen LogP contribution >= 0.6 is 23.2 Å². The van der Waals surface area contributed by atoms with Crippen LogP contribution in [0, 0.1) is 11.3 Å². The van der Waals surface area contributed by atoms with Gasteiger partial charge in [-0.3, -0.25) is 9.69 Å². The Morgan fingerprint density at radius 3 is 2.51 bits per heavy atom. The number of likely N-dealkylation sites (tertiary alicyclic amines) is 1. The van der Waals surface area contributed by atoms with Crippen LogP contribution in [0.1, 0.15) is 22.9 Å². The highest BCUT2D eigenvalue weighted by Crippen LogP contribution is 2.46. The van der Waals surface area contributed by atoms with E-state index in [0.29, 0.717) is 53.2 Å². The van der Waals surface area contributed by atoms with Gasteiger partial charge in [-0.1, -0.05) is 40.5 Å². The standard InChI is InChI=1S/C23H20Cl2N8O2/c1-31-22(35)33(18-9-16(24)8-17(25)10-18)21(34)23(31)13-32(7-6-20-27-29-30-28-20)12-19(23)15-4-2-14(11-26)3-5-15/h2-5,8-10,19H,6-7,12-13H2,1H3,(H,27,28,29,30)/t19-,23?/m0/s1. The number of nitrogens with one attached hydrogen (secondary N) is 1. The van der Waals surface area contributed by atoms with E-state index in [9.17, 15) is 14.9 Å². The highest BCUT2D eigenvalue weighted by atomic mass is 35.5. The van der Waals surface area contributed by atoms with E-state index < -0.39 is 11.6 Å². The van der Waals surface area contributed by atoms with Crippen LogP contribution in [-0.2, 0) is 11.2 Å². The molecule has 2 aliphatic heterocycles. The summed E-state index contributed by atoms with van der Waals surface area (Å²) in [5.41, 5.74) is 0.555. The summed E-state index contributed by atoms with van der Waals surface area (Å²) in [4.78, 5) is 32.4. The number of tetrazole rings is 1. The number of amides is 3. The first-order chi connectivity index (χ1) is 16.8. The summed E-state index contributed by atoms with van der Waals surface area (Å²) in [5.74, 6) is -0.111. The normalized spacial score (nSPS) is 22.4. The zero-order valence-electron chi connectivity index (χ0n) is 18.7. The van der Waals surface area contributed by atoms with Gasteiger partial charge in [-0.2, -0.15) is 10.5 Å². The van der Waals surface area contributed by atoms with Crippen LogP contribution in [0.25, 0.3) is 0 Å². The number of aromatic nitrogens is 4. The largest absolute Gasteiger partial charge is 0.332 e. The molecule has 1 N–H and O–H groups in total. The van der Waals surface area contributed by atoms with Crippen LogP contribution in [0.15, 0.2) is 42.5 Å². The molecule has 3 aromatic rings. The number of hydrogen-bond donors (Lipinski definition) is 1. The number of nitrogens with zero attached hydrogens (tertiary/aromatic N) is 7. The molecule has 10 nitrogen and oxygen atoms in total. The number of nitriles is 1. The molecule has 0 bridgehead atoms. The molecule has 1 unspecified atom stereocenters. The molecule has 0 aliphatic carbocycles. The molecule has 12 heteroatoms. The average Bonchev–Trinajstić information content (AvgIpc) is 3.54. The maximum absolute atomic E-state index is 14.1. The summed E-state index contributed by atoms with van der Waals surface area (Å²) < 4.78 is 0. The molecular formula is C23H20Cl2N8O2. The molecule has 178 valence electrons. The molecule has 0 saturated carbocycles. The number of likely N-dealkylation sites (N-methyl/N-ethyl adjacent to an activating group) is 1. The maximum atomic E-state index is 14.1. The molecule has 35 heavy (non-hydrogen) atoms. The van der Waals surface area contributed by atoms with Gasteiger partial charge in [-0.15, -0.1) is 10.2 Å². The molecule has 3 amide bonds. The molecule has 3 heterocycles. The van der Waals surface area contributed by atoms with Crippen molar-refractivity contribution in [2.24, 2.45) is 0 Å². The zero-order valence-corrected chi connectivity index (χ0v) is 20.2. The average molecular weight is 511 g/mol. The third-order valence-corrected chi connectivity index (χ3v) is 7.16. The van der Waals surface area contributed by atoms with E-state index in [0.717, 1.165) is 10.5 Å². The summed E-state index contributed by atoms with van der Waals surface area (Å²) >= 11 is 12.4. The molecule has 2 fully saturated rings. The Bertz CT molecular complexity index is 1300. The predicted molar refractivity (Wildman–Crippen MR) is 128 cm³/mol. The molecule has 1 aromatic heterocycles. The summed E-state index contributed by atoms with van der Waals surface area (Å²) in [7, 11) is 1.64. The lowest BCUT2D eigenvalue weighted by atomic mass is 9.80. The summed E-state index contributed by atoms with van der Waals surface area (Å²) in [6.45, 7) is 1.42. The summed E-state index contributed by atoms with van der Waals surface area (Å²) in [6.07, 6.45) is 0.534. The number of aromatic amines is 1. The SMILES string of the molecule is CN1C(=O)N(c2cc(Cl)cc(Cl)c2)C(=O)C12CN(CCc1nn[nH]n1)C[C@H]2c1ccc(C#N)cc1. The number of imide groups is 1. The van der Waals surface area contributed by atoms with Crippen LogP contribution in [-0.4, -0.2) is 74.6 Å². The Labute approximate surface area is 211 Å². The van der Waals surface area contributed by atoms with Crippen molar-refractivity contribution in [2.75, 3.05) is 31.6 Å². The van der Waals surface area contributed by atoms with Crippen LogP contribution < -0.4 is 4.90 Å². The van der Waals surface area contributed by atoms with E-state index in [1.165, 1.54) is 4.90 Å².